The van der Waals surface area contributed by atoms with E-state index in [2.05, 4.69) is 5.32 Å². The molecule has 0 aliphatic rings. The van der Waals surface area contributed by atoms with Crippen molar-refractivity contribution in [3.63, 3.8) is 0 Å². The third-order valence-corrected chi connectivity index (χ3v) is 4.83. The van der Waals surface area contributed by atoms with Gasteiger partial charge < -0.3 is 9.73 Å². The second-order valence-electron chi connectivity index (χ2n) is 5.81. The van der Waals surface area contributed by atoms with Crippen LogP contribution < -0.4 is 10.9 Å². The van der Waals surface area contributed by atoms with Gasteiger partial charge in [-0.2, -0.15) is 0 Å². The molecule has 0 amide bonds. The molecule has 124 valence electrons. The molecular formula is C19H17Cl2NO2. The highest BCUT2D eigenvalue weighted by molar-refractivity contribution is 6.32. The van der Waals surface area contributed by atoms with E-state index < -0.39 is 0 Å². The summed E-state index contributed by atoms with van der Waals surface area (Å²) >= 11 is 12.5. The fourth-order valence-electron chi connectivity index (χ4n) is 2.69. The summed E-state index contributed by atoms with van der Waals surface area (Å²) in [6.45, 7) is 4.42. The van der Waals surface area contributed by atoms with Crippen LogP contribution in [-0.4, -0.2) is 0 Å². The monoisotopic (exact) mass is 361 g/mol. The van der Waals surface area contributed by atoms with Crippen LogP contribution in [0.2, 0.25) is 10.0 Å². The van der Waals surface area contributed by atoms with Crippen LogP contribution in [0.25, 0.3) is 11.0 Å². The molecule has 1 aromatic heterocycles. The Morgan fingerprint density at radius 2 is 1.88 bits per heavy atom. The Morgan fingerprint density at radius 3 is 2.62 bits per heavy atom. The largest absolute Gasteiger partial charge is 0.423 e. The molecule has 0 saturated carbocycles. The van der Waals surface area contributed by atoms with Crippen LogP contribution in [0.4, 0.5) is 0 Å². The lowest BCUT2D eigenvalue weighted by Gasteiger charge is -2.16. The molecule has 0 fully saturated rings. The average Bonchev–Trinajstić information content (AvgIpc) is 2.54. The standard InChI is InChI=1S/C19H17Cl2NO2/c1-11-7-18-15(9-17(11)21)13(8-19(23)24-18)10-22-12(2)14-5-3-4-6-16(14)20/h3-9,12,22H,10H2,1-2H3/t12-/m0/s1. The maximum atomic E-state index is 11.8. The minimum absolute atomic E-state index is 0.0434. The molecule has 1 N–H and O–H groups in total. The lowest BCUT2D eigenvalue weighted by molar-refractivity contribution is 0.547. The summed E-state index contributed by atoms with van der Waals surface area (Å²) in [6.07, 6.45) is 0. The highest BCUT2D eigenvalue weighted by Gasteiger charge is 2.12. The summed E-state index contributed by atoms with van der Waals surface area (Å²) in [4.78, 5) is 11.8. The Morgan fingerprint density at radius 1 is 1.12 bits per heavy atom. The fraction of sp³-hybridized carbons (Fsp3) is 0.211. The van der Waals surface area contributed by atoms with Gasteiger partial charge in [-0.15, -0.1) is 0 Å². The number of hydrogen-bond acceptors (Lipinski definition) is 3. The van der Waals surface area contributed by atoms with E-state index in [1.54, 1.807) is 6.07 Å². The SMILES string of the molecule is Cc1cc2oc(=O)cc(CN[C@@H](C)c3ccccc3Cl)c2cc1Cl. The first-order chi connectivity index (χ1) is 11.5. The fourth-order valence-corrected chi connectivity index (χ4v) is 3.16. The van der Waals surface area contributed by atoms with E-state index >= 15 is 0 Å². The molecule has 3 nitrogen and oxygen atoms in total. The van der Waals surface area contributed by atoms with Crippen LogP contribution in [0.15, 0.2) is 51.7 Å². The number of nitrogens with one attached hydrogen (secondary N) is 1. The van der Waals surface area contributed by atoms with Gasteiger partial charge in [-0.1, -0.05) is 41.4 Å². The van der Waals surface area contributed by atoms with Gasteiger partial charge in [0.15, 0.2) is 0 Å². The molecule has 2 aromatic carbocycles. The Balaban J connectivity index is 1.91. The zero-order valence-electron chi connectivity index (χ0n) is 13.4. The molecule has 1 atom stereocenters. The molecular weight excluding hydrogens is 345 g/mol. The summed E-state index contributed by atoms with van der Waals surface area (Å²) < 4.78 is 5.29. The highest BCUT2D eigenvalue weighted by Crippen LogP contribution is 2.26. The summed E-state index contributed by atoms with van der Waals surface area (Å²) in [7, 11) is 0. The molecule has 0 aliphatic heterocycles. The van der Waals surface area contributed by atoms with E-state index in [4.69, 9.17) is 27.6 Å². The van der Waals surface area contributed by atoms with Crippen LogP contribution in [0.5, 0.6) is 0 Å². The normalized spacial score (nSPS) is 12.5. The first-order valence-corrected chi connectivity index (χ1v) is 8.42. The first kappa shape index (κ1) is 17.0. The van der Waals surface area contributed by atoms with Gasteiger partial charge in [0.25, 0.3) is 0 Å². The van der Waals surface area contributed by atoms with Crippen molar-refractivity contribution < 1.29 is 4.42 Å². The van der Waals surface area contributed by atoms with Gasteiger partial charge in [0.1, 0.15) is 5.58 Å². The number of fused-ring (bicyclic) bond motifs is 1. The van der Waals surface area contributed by atoms with Gasteiger partial charge in [-0.05, 0) is 48.7 Å². The third-order valence-electron chi connectivity index (χ3n) is 4.08. The summed E-state index contributed by atoms with van der Waals surface area (Å²) in [6, 6.07) is 12.9. The predicted molar refractivity (Wildman–Crippen MR) is 98.9 cm³/mol. The minimum Gasteiger partial charge on any atom is -0.423 e. The van der Waals surface area contributed by atoms with Gasteiger partial charge in [0.2, 0.25) is 0 Å². The first-order valence-electron chi connectivity index (χ1n) is 7.66. The van der Waals surface area contributed by atoms with Crippen molar-refractivity contribution >= 4 is 34.2 Å². The van der Waals surface area contributed by atoms with Gasteiger partial charge in [0, 0.05) is 34.1 Å². The molecule has 3 rings (SSSR count). The van der Waals surface area contributed by atoms with Crippen molar-refractivity contribution in [2.24, 2.45) is 0 Å². The van der Waals surface area contributed by atoms with Crippen LogP contribution in [0.3, 0.4) is 0 Å². The molecule has 0 spiro atoms. The van der Waals surface area contributed by atoms with Crippen molar-refractivity contribution in [2.45, 2.75) is 26.4 Å². The third kappa shape index (κ3) is 3.48. The number of benzene rings is 2. The molecule has 0 bridgehead atoms. The zero-order chi connectivity index (χ0) is 17.3. The molecule has 24 heavy (non-hydrogen) atoms. The minimum atomic E-state index is -0.369. The Bertz CT molecular complexity index is 950. The van der Waals surface area contributed by atoms with Crippen molar-refractivity contribution in [3.8, 4) is 0 Å². The number of halogens is 2. The molecule has 0 saturated heterocycles. The van der Waals surface area contributed by atoms with Crippen LogP contribution in [-0.2, 0) is 6.54 Å². The molecule has 1 heterocycles. The van der Waals surface area contributed by atoms with E-state index in [9.17, 15) is 4.79 Å². The molecule has 3 aromatic rings. The lowest BCUT2D eigenvalue weighted by atomic mass is 10.1. The van der Waals surface area contributed by atoms with Crippen LogP contribution in [0.1, 0.15) is 29.7 Å². The zero-order valence-corrected chi connectivity index (χ0v) is 14.9. The van der Waals surface area contributed by atoms with Gasteiger partial charge in [-0.25, -0.2) is 4.79 Å². The number of aryl methyl sites for hydroxylation is 1. The Hall–Kier alpha value is -1.81. The maximum absolute atomic E-state index is 11.8. The smallest absolute Gasteiger partial charge is 0.336 e. The van der Waals surface area contributed by atoms with Crippen molar-refractivity contribution in [1.29, 1.82) is 0 Å². The van der Waals surface area contributed by atoms with Crippen molar-refractivity contribution in [1.82, 2.24) is 5.32 Å². The summed E-state index contributed by atoms with van der Waals surface area (Å²) in [5.41, 5.74) is 2.92. The van der Waals surface area contributed by atoms with Crippen molar-refractivity contribution in [2.75, 3.05) is 0 Å². The van der Waals surface area contributed by atoms with E-state index in [1.807, 2.05) is 44.2 Å². The topological polar surface area (TPSA) is 42.2 Å². The molecule has 0 aliphatic carbocycles. The van der Waals surface area contributed by atoms with Gasteiger partial charge in [-0.3, -0.25) is 0 Å². The van der Waals surface area contributed by atoms with Crippen LogP contribution in [0, 0.1) is 6.92 Å². The number of hydrogen-bond donors (Lipinski definition) is 1. The van der Waals surface area contributed by atoms with E-state index in [0.29, 0.717) is 22.2 Å². The quantitative estimate of drug-likeness (QED) is 0.644. The van der Waals surface area contributed by atoms with E-state index in [1.165, 1.54) is 6.07 Å². The highest BCUT2D eigenvalue weighted by atomic mass is 35.5. The summed E-state index contributed by atoms with van der Waals surface area (Å²) in [5, 5.41) is 5.60. The molecule has 0 radical (unpaired) electrons. The molecule has 5 heteroatoms. The Labute approximate surface area is 150 Å². The second-order valence-corrected chi connectivity index (χ2v) is 6.63. The van der Waals surface area contributed by atoms with Gasteiger partial charge >= 0.3 is 5.63 Å². The average molecular weight is 362 g/mol. The maximum Gasteiger partial charge on any atom is 0.336 e. The Kier molecular flexibility index (Phi) is 4.95. The summed E-state index contributed by atoms with van der Waals surface area (Å²) in [5.74, 6) is 0. The number of rotatable bonds is 4. The second kappa shape index (κ2) is 6.98. The lowest BCUT2D eigenvalue weighted by Crippen LogP contribution is -2.19. The van der Waals surface area contributed by atoms with Crippen molar-refractivity contribution in [3.05, 3.63) is 79.6 Å². The molecule has 0 unspecified atom stereocenters. The predicted octanol–water partition coefficient (Wildman–Crippen LogP) is 5.26. The van der Waals surface area contributed by atoms with E-state index in [0.717, 1.165) is 22.1 Å². The van der Waals surface area contributed by atoms with Gasteiger partial charge in [0.05, 0.1) is 0 Å². The van der Waals surface area contributed by atoms with Crippen LogP contribution >= 0.6 is 23.2 Å². The van der Waals surface area contributed by atoms with E-state index in [-0.39, 0.29) is 11.7 Å².